The van der Waals surface area contributed by atoms with Crippen molar-refractivity contribution in [3.8, 4) is 0 Å². The molecule has 0 unspecified atom stereocenters. The van der Waals surface area contributed by atoms with Crippen LogP contribution in [0.25, 0.3) is 21.9 Å². The molecule has 0 bridgehead atoms. The summed E-state index contributed by atoms with van der Waals surface area (Å²) in [5.74, 6) is 0.143. The molecule has 0 aliphatic rings. The van der Waals surface area contributed by atoms with E-state index in [2.05, 4.69) is 10.3 Å². The fourth-order valence-electron chi connectivity index (χ4n) is 3.48. The van der Waals surface area contributed by atoms with Crippen LogP contribution in [0.2, 0.25) is 0 Å². The Morgan fingerprint density at radius 1 is 1.07 bits per heavy atom. The van der Waals surface area contributed by atoms with E-state index in [1.165, 1.54) is 0 Å². The number of amides is 1. The molecule has 1 aromatic carbocycles. The lowest BCUT2D eigenvalue weighted by atomic mass is 9.99. The number of aryl methyl sites for hydroxylation is 4. The molecule has 28 heavy (non-hydrogen) atoms. The van der Waals surface area contributed by atoms with Gasteiger partial charge in [0.1, 0.15) is 17.0 Å². The van der Waals surface area contributed by atoms with Crippen molar-refractivity contribution >= 4 is 33.7 Å². The third-order valence-electron chi connectivity index (χ3n) is 5.03. The molecule has 0 radical (unpaired) electrons. The molecule has 4 aromatic rings. The van der Waals surface area contributed by atoms with E-state index < -0.39 is 5.63 Å². The number of carbonyl (C=O) groups excluding carboxylic acids is 1. The normalized spacial score (nSPS) is 11.3. The van der Waals surface area contributed by atoms with Gasteiger partial charge in [-0.25, -0.2) is 9.78 Å². The molecule has 0 aliphatic heterocycles. The first-order valence-corrected chi connectivity index (χ1v) is 9.02. The number of hydrogen-bond acceptors (Lipinski definition) is 5. The molecule has 3 aromatic heterocycles. The predicted octanol–water partition coefficient (Wildman–Crippen LogP) is 4.35. The van der Waals surface area contributed by atoms with Crippen molar-refractivity contribution in [1.82, 2.24) is 4.98 Å². The van der Waals surface area contributed by atoms with Crippen LogP contribution in [0.3, 0.4) is 0 Å². The predicted molar refractivity (Wildman–Crippen MR) is 108 cm³/mol. The van der Waals surface area contributed by atoms with Gasteiger partial charge in [0.05, 0.1) is 18.2 Å². The lowest BCUT2D eigenvalue weighted by Crippen LogP contribution is -2.21. The topological polar surface area (TPSA) is 85.3 Å². The van der Waals surface area contributed by atoms with Crippen LogP contribution in [0.4, 0.5) is 5.82 Å². The number of carbonyl (C=O) groups is 1. The fourth-order valence-corrected chi connectivity index (χ4v) is 3.48. The van der Waals surface area contributed by atoms with E-state index in [0.29, 0.717) is 22.5 Å². The smallest absolute Gasteiger partial charge is 0.340 e. The van der Waals surface area contributed by atoms with Crippen LogP contribution < -0.4 is 10.9 Å². The van der Waals surface area contributed by atoms with Crippen LogP contribution in [0.1, 0.15) is 27.9 Å². The summed E-state index contributed by atoms with van der Waals surface area (Å²) in [6.45, 7) is 7.52. The van der Waals surface area contributed by atoms with E-state index in [4.69, 9.17) is 8.83 Å². The van der Waals surface area contributed by atoms with E-state index in [9.17, 15) is 9.59 Å². The third-order valence-corrected chi connectivity index (χ3v) is 5.03. The lowest BCUT2D eigenvalue weighted by Gasteiger charge is -2.10. The van der Waals surface area contributed by atoms with Gasteiger partial charge < -0.3 is 14.2 Å². The van der Waals surface area contributed by atoms with Gasteiger partial charge in [0.25, 0.3) is 0 Å². The molecule has 6 heteroatoms. The van der Waals surface area contributed by atoms with Crippen molar-refractivity contribution in [3.63, 3.8) is 0 Å². The number of aromatic nitrogens is 1. The molecule has 3 heterocycles. The first kappa shape index (κ1) is 18.0. The lowest BCUT2D eigenvalue weighted by molar-refractivity contribution is -0.115. The molecule has 0 atom stereocenters. The number of benzene rings is 1. The van der Waals surface area contributed by atoms with E-state index in [-0.39, 0.29) is 12.3 Å². The zero-order valence-corrected chi connectivity index (χ0v) is 16.2. The largest absolute Gasteiger partial charge is 0.464 e. The van der Waals surface area contributed by atoms with E-state index in [1.54, 1.807) is 12.3 Å². The monoisotopic (exact) mass is 376 g/mol. The molecule has 0 aliphatic carbocycles. The summed E-state index contributed by atoms with van der Waals surface area (Å²) in [5, 5.41) is 4.52. The van der Waals surface area contributed by atoms with Crippen LogP contribution in [0.5, 0.6) is 0 Å². The molecule has 142 valence electrons. The summed E-state index contributed by atoms with van der Waals surface area (Å²) in [7, 11) is 0. The number of rotatable bonds is 3. The van der Waals surface area contributed by atoms with Crippen LogP contribution in [-0.4, -0.2) is 10.9 Å². The van der Waals surface area contributed by atoms with E-state index >= 15 is 0 Å². The first-order chi connectivity index (χ1) is 13.3. The highest BCUT2D eigenvalue weighted by Crippen LogP contribution is 2.32. The molecular weight excluding hydrogens is 356 g/mol. The molecule has 1 amide bonds. The van der Waals surface area contributed by atoms with Gasteiger partial charge in [-0.05, 0) is 57.0 Å². The maximum absolute atomic E-state index is 12.6. The second-order valence-corrected chi connectivity index (χ2v) is 7.06. The van der Waals surface area contributed by atoms with Gasteiger partial charge in [-0.2, -0.15) is 0 Å². The molecule has 1 N–H and O–H groups in total. The SMILES string of the molecule is Cc1cccc(NC(=O)Cc2c(C)c3cc4c(C)coc4c(C)c3oc2=O)n1. The summed E-state index contributed by atoms with van der Waals surface area (Å²) in [6.07, 6.45) is 1.61. The van der Waals surface area contributed by atoms with Gasteiger partial charge in [0.15, 0.2) is 0 Å². The van der Waals surface area contributed by atoms with Gasteiger partial charge in [0.2, 0.25) is 5.91 Å². The van der Waals surface area contributed by atoms with Gasteiger partial charge in [-0.3, -0.25) is 4.79 Å². The Balaban J connectivity index is 1.77. The van der Waals surface area contributed by atoms with Crippen LogP contribution in [-0.2, 0) is 11.2 Å². The summed E-state index contributed by atoms with van der Waals surface area (Å²) in [6, 6.07) is 7.33. The molecule has 0 saturated heterocycles. The minimum atomic E-state index is -0.511. The zero-order valence-electron chi connectivity index (χ0n) is 16.2. The van der Waals surface area contributed by atoms with Gasteiger partial charge in [-0.1, -0.05) is 6.07 Å². The van der Waals surface area contributed by atoms with E-state index in [1.807, 2.05) is 45.9 Å². The molecule has 4 rings (SSSR count). The highest BCUT2D eigenvalue weighted by atomic mass is 16.4. The van der Waals surface area contributed by atoms with Gasteiger partial charge in [0, 0.05) is 22.0 Å². The summed E-state index contributed by atoms with van der Waals surface area (Å²) in [4.78, 5) is 29.3. The molecule has 6 nitrogen and oxygen atoms in total. The Kier molecular flexibility index (Phi) is 4.26. The van der Waals surface area contributed by atoms with Crippen molar-refractivity contribution < 1.29 is 13.6 Å². The summed E-state index contributed by atoms with van der Waals surface area (Å²) >= 11 is 0. The molecule has 0 fully saturated rings. The Morgan fingerprint density at radius 2 is 1.86 bits per heavy atom. The van der Waals surface area contributed by atoms with Crippen molar-refractivity contribution in [2.24, 2.45) is 0 Å². The highest BCUT2D eigenvalue weighted by Gasteiger charge is 2.19. The van der Waals surface area contributed by atoms with Crippen LogP contribution >= 0.6 is 0 Å². The maximum Gasteiger partial charge on any atom is 0.340 e. The number of anilines is 1. The number of nitrogens with one attached hydrogen (secondary N) is 1. The minimum Gasteiger partial charge on any atom is -0.464 e. The van der Waals surface area contributed by atoms with Crippen molar-refractivity contribution in [2.45, 2.75) is 34.1 Å². The standard InChI is InChI=1S/C22H20N2O4/c1-11-10-27-20-14(4)21-16(8-15(11)20)13(3)17(22(26)28-21)9-19(25)24-18-7-5-6-12(2)23-18/h5-8,10H,9H2,1-4H3,(H,23,24,25). The van der Waals surface area contributed by atoms with Gasteiger partial charge >= 0.3 is 5.63 Å². The van der Waals surface area contributed by atoms with Crippen LogP contribution in [0.15, 0.2) is 44.2 Å². The Labute approximate surface area is 161 Å². The molecular formula is C22H20N2O4. The second-order valence-electron chi connectivity index (χ2n) is 7.06. The Hall–Kier alpha value is -3.41. The number of fused-ring (bicyclic) bond motifs is 2. The molecule has 0 spiro atoms. The van der Waals surface area contributed by atoms with Crippen molar-refractivity contribution in [3.05, 3.63) is 68.9 Å². The fraction of sp³-hybridized carbons (Fsp3) is 0.227. The maximum atomic E-state index is 12.6. The number of hydrogen-bond donors (Lipinski definition) is 1. The minimum absolute atomic E-state index is 0.0822. The summed E-state index contributed by atoms with van der Waals surface area (Å²) < 4.78 is 11.2. The first-order valence-electron chi connectivity index (χ1n) is 9.02. The highest BCUT2D eigenvalue weighted by molar-refractivity contribution is 6.00. The Bertz CT molecular complexity index is 1300. The zero-order chi connectivity index (χ0) is 20.0. The quantitative estimate of drug-likeness (QED) is 0.537. The second kappa shape index (κ2) is 6.64. The number of furan rings is 1. The van der Waals surface area contributed by atoms with Crippen LogP contribution in [0, 0.1) is 27.7 Å². The third kappa shape index (κ3) is 2.97. The van der Waals surface area contributed by atoms with E-state index in [0.717, 1.165) is 33.2 Å². The van der Waals surface area contributed by atoms with Gasteiger partial charge in [-0.15, -0.1) is 0 Å². The summed E-state index contributed by atoms with van der Waals surface area (Å²) in [5.41, 5.74) is 4.37. The molecule has 0 saturated carbocycles. The average molecular weight is 376 g/mol. The number of pyridine rings is 1. The number of nitrogens with zero attached hydrogens (tertiary/aromatic N) is 1. The van der Waals surface area contributed by atoms with Crippen molar-refractivity contribution in [2.75, 3.05) is 5.32 Å². The Morgan fingerprint density at radius 3 is 2.61 bits per heavy atom. The van der Waals surface area contributed by atoms with Crippen molar-refractivity contribution in [1.29, 1.82) is 0 Å². The average Bonchev–Trinajstić information content (AvgIpc) is 3.01.